The maximum Gasteiger partial charge on any atom is 0.193 e. The summed E-state index contributed by atoms with van der Waals surface area (Å²) in [5, 5.41) is 7.59. The van der Waals surface area contributed by atoms with Gasteiger partial charge in [-0.2, -0.15) is 5.10 Å². The van der Waals surface area contributed by atoms with Crippen molar-refractivity contribution in [1.82, 2.24) is 24.6 Å². The average Bonchev–Trinajstić information content (AvgIpc) is 3.09. The summed E-state index contributed by atoms with van der Waals surface area (Å²) in [6.07, 6.45) is 6.85. The maximum atomic E-state index is 4.34. The van der Waals surface area contributed by atoms with Gasteiger partial charge < -0.3 is 14.8 Å². The second kappa shape index (κ2) is 9.96. The quantitative estimate of drug-likeness (QED) is 0.291. The lowest BCUT2D eigenvalue weighted by Gasteiger charge is -2.22. The molecule has 0 radical (unpaired) electrons. The fourth-order valence-electron chi connectivity index (χ4n) is 2.30. The number of hydrogen-bond donors (Lipinski definition) is 1. The van der Waals surface area contributed by atoms with Crippen molar-refractivity contribution < 1.29 is 0 Å². The smallest absolute Gasteiger partial charge is 0.193 e. The van der Waals surface area contributed by atoms with Crippen LogP contribution in [0.3, 0.4) is 0 Å². The first-order chi connectivity index (χ1) is 10.6. The van der Waals surface area contributed by atoms with Gasteiger partial charge in [-0.05, 0) is 34.5 Å². The topological polar surface area (TPSA) is 50.4 Å². The second-order valence-electron chi connectivity index (χ2n) is 5.21. The molecule has 0 aliphatic heterocycles. The first kappa shape index (κ1) is 20.0. The highest BCUT2D eigenvalue weighted by atomic mass is 127. The molecule has 0 bridgehead atoms. The molecule has 1 N–H and O–H groups in total. The molecule has 0 atom stereocenters. The molecule has 0 saturated heterocycles. The number of nitrogens with zero attached hydrogens (tertiary/aromatic N) is 5. The van der Waals surface area contributed by atoms with Crippen LogP contribution in [0.1, 0.15) is 12.1 Å². The zero-order valence-electron chi connectivity index (χ0n) is 13.7. The molecule has 0 saturated carbocycles. The molecule has 0 spiro atoms. The number of hydrogen-bond acceptors (Lipinski definition) is 2. The van der Waals surface area contributed by atoms with Gasteiger partial charge in [-0.25, -0.2) is 0 Å². The lowest BCUT2D eigenvalue weighted by atomic mass is 10.4. The summed E-state index contributed by atoms with van der Waals surface area (Å²) >= 11 is 3.50. The predicted molar refractivity (Wildman–Crippen MR) is 108 cm³/mol. The zero-order valence-corrected chi connectivity index (χ0v) is 17.7. The molecule has 2 aromatic rings. The standard InChI is InChI=1S/C15H23BrN6.HI/c1-17-15(18-6-4-8-22-9-5-7-19-22)21(3)12-14-10-13(16)11-20(14)2;/h5,7,9-11H,4,6,8,12H2,1-3H3,(H,17,18);1H. The summed E-state index contributed by atoms with van der Waals surface area (Å²) in [5.41, 5.74) is 1.23. The molecule has 0 fully saturated rings. The highest BCUT2D eigenvalue weighted by Crippen LogP contribution is 2.14. The Kier molecular flexibility index (Phi) is 8.67. The van der Waals surface area contributed by atoms with E-state index in [1.54, 1.807) is 6.20 Å². The van der Waals surface area contributed by atoms with Crippen LogP contribution in [-0.2, 0) is 20.1 Å². The first-order valence-electron chi connectivity index (χ1n) is 7.30. The van der Waals surface area contributed by atoms with Crippen LogP contribution in [0.25, 0.3) is 0 Å². The number of guanidine groups is 1. The van der Waals surface area contributed by atoms with Gasteiger partial charge in [-0.1, -0.05) is 0 Å². The summed E-state index contributed by atoms with van der Waals surface area (Å²) in [7, 11) is 5.91. The van der Waals surface area contributed by atoms with E-state index in [2.05, 4.69) is 53.1 Å². The molecule has 6 nitrogen and oxygen atoms in total. The van der Waals surface area contributed by atoms with Crippen LogP contribution in [0.15, 0.2) is 40.2 Å². The molecule has 0 unspecified atom stereocenters. The Balaban J connectivity index is 0.00000264. The van der Waals surface area contributed by atoms with Crippen LogP contribution < -0.4 is 5.32 Å². The predicted octanol–water partition coefficient (Wildman–Crippen LogP) is 2.70. The number of nitrogens with one attached hydrogen (secondary N) is 1. The number of aliphatic imine (C=N–C) groups is 1. The van der Waals surface area contributed by atoms with Crippen LogP contribution in [0.2, 0.25) is 0 Å². The van der Waals surface area contributed by atoms with Crippen LogP contribution in [0, 0.1) is 0 Å². The largest absolute Gasteiger partial charge is 0.356 e. The molecule has 2 aromatic heterocycles. The Morgan fingerprint density at radius 1 is 1.48 bits per heavy atom. The minimum absolute atomic E-state index is 0. The molecule has 2 rings (SSSR count). The molecular weight excluding hydrogens is 471 g/mol. The molecule has 23 heavy (non-hydrogen) atoms. The fourth-order valence-corrected chi connectivity index (χ4v) is 2.87. The number of aromatic nitrogens is 3. The lowest BCUT2D eigenvalue weighted by Crippen LogP contribution is -2.39. The third-order valence-electron chi connectivity index (χ3n) is 3.45. The van der Waals surface area contributed by atoms with E-state index in [4.69, 9.17) is 0 Å². The zero-order chi connectivity index (χ0) is 15.9. The molecule has 0 aromatic carbocycles. The number of rotatable bonds is 6. The van der Waals surface area contributed by atoms with Crippen LogP contribution in [-0.4, -0.2) is 45.8 Å². The Labute approximate surface area is 163 Å². The van der Waals surface area contributed by atoms with Crippen LogP contribution in [0.5, 0.6) is 0 Å². The monoisotopic (exact) mass is 494 g/mol. The van der Waals surface area contributed by atoms with Gasteiger partial charge in [0.15, 0.2) is 5.96 Å². The van der Waals surface area contributed by atoms with Crippen LogP contribution >= 0.6 is 39.9 Å². The maximum absolute atomic E-state index is 4.34. The lowest BCUT2D eigenvalue weighted by molar-refractivity contribution is 0.457. The van der Waals surface area contributed by atoms with E-state index in [1.165, 1.54) is 5.69 Å². The minimum Gasteiger partial charge on any atom is -0.356 e. The second-order valence-corrected chi connectivity index (χ2v) is 6.13. The van der Waals surface area contributed by atoms with E-state index in [0.29, 0.717) is 0 Å². The van der Waals surface area contributed by atoms with E-state index >= 15 is 0 Å². The van der Waals surface area contributed by atoms with Gasteiger partial charge >= 0.3 is 0 Å². The Morgan fingerprint density at radius 3 is 2.83 bits per heavy atom. The molecule has 0 aliphatic carbocycles. The summed E-state index contributed by atoms with van der Waals surface area (Å²) in [6.45, 7) is 2.58. The highest BCUT2D eigenvalue weighted by molar-refractivity contribution is 14.0. The Morgan fingerprint density at radius 2 is 2.26 bits per heavy atom. The molecule has 0 aliphatic rings. The number of aryl methyl sites for hydroxylation is 2. The van der Waals surface area contributed by atoms with Gasteiger partial charge in [-0.15, -0.1) is 24.0 Å². The third kappa shape index (κ3) is 6.17. The number of halogens is 2. The van der Waals surface area contributed by atoms with Gasteiger partial charge in [-0.3, -0.25) is 9.67 Å². The minimum atomic E-state index is 0. The Bertz CT molecular complexity index is 608. The van der Waals surface area contributed by atoms with Gasteiger partial charge in [0.25, 0.3) is 0 Å². The van der Waals surface area contributed by atoms with E-state index in [-0.39, 0.29) is 24.0 Å². The van der Waals surface area contributed by atoms with Crippen molar-refractivity contribution in [3.8, 4) is 0 Å². The highest BCUT2D eigenvalue weighted by Gasteiger charge is 2.09. The van der Waals surface area contributed by atoms with Crippen LogP contribution in [0.4, 0.5) is 0 Å². The molecule has 2 heterocycles. The van der Waals surface area contributed by atoms with Gasteiger partial charge in [0.05, 0.1) is 6.54 Å². The Hall–Kier alpha value is -1.03. The third-order valence-corrected chi connectivity index (χ3v) is 3.89. The van der Waals surface area contributed by atoms with Crippen molar-refractivity contribution in [1.29, 1.82) is 0 Å². The van der Waals surface area contributed by atoms with Crippen molar-refractivity contribution in [2.24, 2.45) is 12.0 Å². The van der Waals surface area contributed by atoms with Gasteiger partial charge in [0, 0.05) is 63.0 Å². The summed E-state index contributed by atoms with van der Waals surface area (Å²) in [4.78, 5) is 6.46. The summed E-state index contributed by atoms with van der Waals surface area (Å²) < 4.78 is 5.15. The van der Waals surface area contributed by atoms with E-state index in [9.17, 15) is 0 Å². The molecule has 8 heteroatoms. The molecule has 128 valence electrons. The molecular formula is C15H24BrIN6. The first-order valence-corrected chi connectivity index (χ1v) is 8.09. The van der Waals surface area contributed by atoms with Crippen molar-refractivity contribution in [2.45, 2.75) is 19.5 Å². The summed E-state index contributed by atoms with van der Waals surface area (Å²) in [5.74, 6) is 0.901. The van der Waals surface area contributed by atoms with Crippen molar-refractivity contribution >= 4 is 45.9 Å². The van der Waals surface area contributed by atoms with E-state index < -0.39 is 0 Å². The van der Waals surface area contributed by atoms with E-state index in [0.717, 1.165) is 36.5 Å². The molecule has 0 amide bonds. The van der Waals surface area contributed by atoms with Crippen molar-refractivity contribution in [3.63, 3.8) is 0 Å². The fraction of sp³-hybridized carbons (Fsp3) is 0.467. The normalized spacial score (nSPS) is 11.2. The average molecular weight is 495 g/mol. The van der Waals surface area contributed by atoms with Gasteiger partial charge in [0.1, 0.15) is 0 Å². The van der Waals surface area contributed by atoms with E-state index in [1.807, 2.05) is 38.1 Å². The van der Waals surface area contributed by atoms with Crippen molar-refractivity contribution in [2.75, 3.05) is 20.6 Å². The van der Waals surface area contributed by atoms with Gasteiger partial charge in [0.2, 0.25) is 0 Å². The summed E-state index contributed by atoms with van der Waals surface area (Å²) in [6, 6.07) is 4.07. The van der Waals surface area contributed by atoms with Crippen molar-refractivity contribution in [3.05, 3.63) is 40.9 Å². The SMILES string of the molecule is CN=C(NCCCn1cccn1)N(C)Cc1cc(Br)cn1C.I.